The average Bonchev–Trinajstić information content (AvgIpc) is 2.79. The zero-order chi connectivity index (χ0) is 16.3. The van der Waals surface area contributed by atoms with Gasteiger partial charge in [-0.1, -0.05) is 13.8 Å². The molecule has 0 saturated carbocycles. The van der Waals surface area contributed by atoms with Gasteiger partial charge in [-0.15, -0.1) is 0 Å². The summed E-state index contributed by atoms with van der Waals surface area (Å²) in [6.07, 6.45) is 0.993. The topological polar surface area (TPSA) is 79.3 Å². The van der Waals surface area contributed by atoms with Crippen LogP contribution in [0.2, 0.25) is 0 Å². The highest BCUT2D eigenvalue weighted by Crippen LogP contribution is 2.15. The second-order valence-corrected chi connectivity index (χ2v) is 6.17. The summed E-state index contributed by atoms with van der Waals surface area (Å²) < 4.78 is 1.82. The summed E-state index contributed by atoms with van der Waals surface area (Å²) in [6.45, 7) is 9.70. The molecule has 0 bridgehead atoms. The van der Waals surface area contributed by atoms with E-state index in [1.807, 2.05) is 17.7 Å². The Morgan fingerprint density at radius 3 is 2.95 bits per heavy atom. The van der Waals surface area contributed by atoms with Crippen molar-refractivity contribution in [3.63, 3.8) is 0 Å². The Bertz CT molecular complexity index is 552. The SMILES string of the molecule is Cc1cc(NC(=O)N2CCNC(=O)C2C)n(CCC(C)C)n1. The summed E-state index contributed by atoms with van der Waals surface area (Å²) >= 11 is 0. The lowest BCUT2D eigenvalue weighted by Crippen LogP contribution is -2.56. The van der Waals surface area contributed by atoms with Crippen LogP contribution in [0.15, 0.2) is 6.07 Å². The largest absolute Gasteiger partial charge is 0.353 e. The second kappa shape index (κ2) is 6.81. The zero-order valence-electron chi connectivity index (χ0n) is 13.7. The van der Waals surface area contributed by atoms with Crippen molar-refractivity contribution in [3.05, 3.63) is 11.8 Å². The number of rotatable bonds is 4. The number of hydrogen-bond acceptors (Lipinski definition) is 3. The molecular formula is C15H25N5O2. The van der Waals surface area contributed by atoms with Crippen LogP contribution in [0.3, 0.4) is 0 Å². The van der Waals surface area contributed by atoms with Crippen LogP contribution in [-0.4, -0.2) is 45.8 Å². The number of aromatic nitrogens is 2. The molecule has 22 heavy (non-hydrogen) atoms. The van der Waals surface area contributed by atoms with E-state index in [1.54, 1.807) is 11.8 Å². The number of carbonyl (C=O) groups excluding carboxylic acids is 2. The number of anilines is 1. The third kappa shape index (κ3) is 3.78. The standard InChI is InChI=1S/C15H25N5O2/c1-10(2)5-7-20-13(9-11(3)18-20)17-15(22)19-8-6-16-14(21)12(19)4/h9-10,12H,5-8H2,1-4H3,(H,16,21)(H,17,22). The van der Waals surface area contributed by atoms with Crippen molar-refractivity contribution < 1.29 is 9.59 Å². The van der Waals surface area contributed by atoms with Crippen molar-refractivity contribution in [1.82, 2.24) is 20.0 Å². The van der Waals surface area contributed by atoms with Crippen molar-refractivity contribution in [2.45, 2.75) is 46.7 Å². The van der Waals surface area contributed by atoms with E-state index in [2.05, 4.69) is 29.6 Å². The summed E-state index contributed by atoms with van der Waals surface area (Å²) in [4.78, 5) is 25.6. The molecule has 1 unspecified atom stereocenters. The molecule has 0 aliphatic carbocycles. The van der Waals surface area contributed by atoms with E-state index in [-0.39, 0.29) is 11.9 Å². The van der Waals surface area contributed by atoms with Crippen LogP contribution in [0, 0.1) is 12.8 Å². The Morgan fingerprint density at radius 2 is 2.27 bits per heavy atom. The third-order valence-corrected chi connectivity index (χ3v) is 3.82. The lowest BCUT2D eigenvalue weighted by atomic mass is 10.1. The van der Waals surface area contributed by atoms with Crippen LogP contribution in [-0.2, 0) is 11.3 Å². The summed E-state index contributed by atoms with van der Waals surface area (Å²) in [5.74, 6) is 1.13. The molecule has 0 spiro atoms. The molecule has 7 nitrogen and oxygen atoms in total. The number of carbonyl (C=O) groups is 2. The van der Waals surface area contributed by atoms with Crippen molar-refractivity contribution in [2.75, 3.05) is 18.4 Å². The van der Waals surface area contributed by atoms with Gasteiger partial charge in [-0.25, -0.2) is 9.48 Å². The molecule has 3 amide bonds. The lowest BCUT2D eigenvalue weighted by Gasteiger charge is -2.32. The van der Waals surface area contributed by atoms with Gasteiger partial charge in [0.05, 0.1) is 5.69 Å². The van der Waals surface area contributed by atoms with Gasteiger partial charge in [-0.3, -0.25) is 10.1 Å². The van der Waals surface area contributed by atoms with Gasteiger partial charge < -0.3 is 10.2 Å². The first-order valence-corrected chi connectivity index (χ1v) is 7.78. The number of piperazine rings is 1. The fourth-order valence-corrected chi connectivity index (χ4v) is 2.44. The van der Waals surface area contributed by atoms with Gasteiger partial charge in [-0.05, 0) is 26.2 Å². The van der Waals surface area contributed by atoms with E-state index in [0.29, 0.717) is 24.8 Å². The lowest BCUT2D eigenvalue weighted by molar-refractivity contribution is -0.126. The van der Waals surface area contributed by atoms with Crippen molar-refractivity contribution in [1.29, 1.82) is 0 Å². The summed E-state index contributed by atoms with van der Waals surface area (Å²) in [7, 11) is 0. The van der Waals surface area contributed by atoms with Crippen LogP contribution in [0.1, 0.15) is 32.9 Å². The Balaban J connectivity index is 2.06. The first-order chi connectivity index (χ1) is 10.4. The van der Waals surface area contributed by atoms with Gasteiger partial charge in [0.2, 0.25) is 5.91 Å². The Kier molecular flexibility index (Phi) is 5.05. The summed E-state index contributed by atoms with van der Waals surface area (Å²) in [6, 6.07) is 1.14. The van der Waals surface area contributed by atoms with E-state index < -0.39 is 6.04 Å². The predicted octanol–water partition coefficient (Wildman–Crippen LogP) is 1.59. The maximum Gasteiger partial charge on any atom is 0.323 e. The van der Waals surface area contributed by atoms with Crippen LogP contribution in [0.25, 0.3) is 0 Å². The van der Waals surface area contributed by atoms with Gasteiger partial charge in [0, 0.05) is 25.7 Å². The first kappa shape index (κ1) is 16.3. The van der Waals surface area contributed by atoms with E-state index in [9.17, 15) is 9.59 Å². The zero-order valence-corrected chi connectivity index (χ0v) is 13.7. The highest BCUT2D eigenvalue weighted by Gasteiger charge is 2.29. The number of nitrogens with zero attached hydrogens (tertiary/aromatic N) is 3. The van der Waals surface area contributed by atoms with Gasteiger partial charge >= 0.3 is 6.03 Å². The van der Waals surface area contributed by atoms with Crippen molar-refractivity contribution in [3.8, 4) is 0 Å². The molecule has 2 N–H and O–H groups in total. The molecule has 0 aromatic carbocycles. The van der Waals surface area contributed by atoms with Gasteiger partial charge in [0.25, 0.3) is 0 Å². The van der Waals surface area contributed by atoms with E-state index in [1.165, 1.54) is 0 Å². The highest BCUT2D eigenvalue weighted by molar-refractivity contribution is 5.93. The maximum absolute atomic E-state index is 12.4. The minimum absolute atomic E-state index is 0.120. The monoisotopic (exact) mass is 307 g/mol. The van der Waals surface area contributed by atoms with Crippen molar-refractivity contribution in [2.24, 2.45) is 5.92 Å². The Morgan fingerprint density at radius 1 is 1.55 bits per heavy atom. The second-order valence-electron chi connectivity index (χ2n) is 6.17. The molecule has 1 aromatic rings. The quantitative estimate of drug-likeness (QED) is 0.886. The molecule has 1 saturated heterocycles. The molecule has 1 aliphatic heterocycles. The molecule has 122 valence electrons. The maximum atomic E-state index is 12.4. The summed E-state index contributed by atoms with van der Waals surface area (Å²) in [5.41, 5.74) is 0.864. The molecule has 1 atom stereocenters. The molecule has 1 fully saturated rings. The fraction of sp³-hybridized carbons (Fsp3) is 0.667. The molecule has 2 heterocycles. The number of hydrogen-bond donors (Lipinski definition) is 2. The predicted molar refractivity (Wildman–Crippen MR) is 84.6 cm³/mol. The fourth-order valence-electron chi connectivity index (χ4n) is 2.44. The Labute approximate surface area is 131 Å². The van der Waals surface area contributed by atoms with E-state index in [0.717, 1.165) is 18.7 Å². The minimum atomic E-state index is -0.457. The molecule has 7 heteroatoms. The number of amides is 3. The minimum Gasteiger partial charge on any atom is -0.353 e. The normalized spacial score (nSPS) is 18.5. The number of nitrogens with one attached hydrogen (secondary N) is 2. The van der Waals surface area contributed by atoms with Crippen LogP contribution >= 0.6 is 0 Å². The number of urea groups is 1. The Hall–Kier alpha value is -2.05. The van der Waals surface area contributed by atoms with Gasteiger partial charge in [0.15, 0.2) is 0 Å². The molecule has 1 aliphatic rings. The summed E-state index contributed by atoms with van der Waals surface area (Å²) in [5, 5.41) is 10.1. The molecule has 2 rings (SSSR count). The third-order valence-electron chi connectivity index (χ3n) is 3.82. The highest BCUT2D eigenvalue weighted by atomic mass is 16.2. The van der Waals surface area contributed by atoms with E-state index >= 15 is 0 Å². The van der Waals surface area contributed by atoms with Gasteiger partial charge in [-0.2, -0.15) is 5.10 Å². The van der Waals surface area contributed by atoms with Crippen LogP contribution in [0.4, 0.5) is 10.6 Å². The number of aryl methyl sites for hydroxylation is 2. The molecule has 0 radical (unpaired) electrons. The molecular weight excluding hydrogens is 282 g/mol. The first-order valence-electron chi connectivity index (χ1n) is 7.78. The van der Waals surface area contributed by atoms with Crippen LogP contribution < -0.4 is 10.6 Å². The smallest absolute Gasteiger partial charge is 0.323 e. The van der Waals surface area contributed by atoms with E-state index in [4.69, 9.17) is 0 Å². The van der Waals surface area contributed by atoms with Crippen molar-refractivity contribution >= 4 is 17.8 Å². The van der Waals surface area contributed by atoms with Gasteiger partial charge in [0.1, 0.15) is 11.9 Å². The molecule has 1 aromatic heterocycles. The average molecular weight is 307 g/mol. The van der Waals surface area contributed by atoms with Crippen LogP contribution in [0.5, 0.6) is 0 Å².